The van der Waals surface area contributed by atoms with Crippen molar-refractivity contribution in [1.82, 2.24) is 9.97 Å². The van der Waals surface area contributed by atoms with Crippen LogP contribution in [0.3, 0.4) is 0 Å². The van der Waals surface area contributed by atoms with Gasteiger partial charge in [-0.05, 0) is 78.1 Å². The Morgan fingerprint density at radius 2 is 2.03 bits per heavy atom. The Balaban J connectivity index is 1.29. The smallest absolute Gasteiger partial charge is 0.228 e. The Bertz CT molecular complexity index is 1260. The lowest BCUT2D eigenvalue weighted by Crippen LogP contribution is -2.14. The maximum absolute atomic E-state index is 13.4. The van der Waals surface area contributed by atoms with Gasteiger partial charge in [-0.1, -0.05) is 12.1 Å². The third kappa shape index (κ3) is 4.23. The van der Waals surface area contributed by atoms with E-state index < -0.39 is 0 Å². The van der Waals surface area contributed by atoms with Gasteiger partial charge in [-0.3, -0.25) is 9.78 Å². The summed E-state index contributed by atoms with van der Waals surface area (Å²) in [6.45, 7) is 0. The first-order chi connectivity index (χ1) is 15.1. The van der Waals surface area contributed by atoms with Gasteiger partial charge in [0.25, 0.3) is 0 Å². The SMILES string of the molecule is O=C(Cc1cccnc1)Nc1ccc2nc(NC3CCc4cc(F)ccc43)ccc2c1. The number of benzene rings is 2. The Kier molecular flexibility index (Phi) is 5.04. The van der Waals surface area contributed by atoms with Gasteiger partial charge >= 0.3 is 0 Å². The molecule has 0 saturated heterocycles. The van der Waals surface area contributed by atoms with E-state index in [1.54, 1.807) is 18.5 Å². The fourth-order valence-electron chi connectivity index (χ4n) is 4.09. The standard InChI is InChI=1S/C25H21FN4O/c26-19-5-7-21-17(13-19)3-8-23(21)30-24-10-4-18-14-20(6-9-22(18)29-24)28-25(31)12-16-2-1-11-27-15-16/h1-2,4-7,9-11,13-15,23H,3,8,12H2,(H,28,31)(H,29,30). The van der Waals surface area contributed by atoms with Crippen molar-refractivity contribution in [2.75, 3.05) is 10.6 Å². The highest BCUT2D eigenvalue weighted by Crippen LogP contribution is 2.34. The molecular weight excluding hydrogens is 391 g/mol. The van der Waals surface area contributed by atoms with Gasteiger partial charge in [-0.25, -0.2) is 9.37 Å². The van der Waals surface area contributed by atoms with E-state index >= 15 is 0 Å². The lowest BCUT2D eigenvalue weighted by atomic mass is 10.1. The summed E-state index contributed by atoms with van der Waals surface area (Å²) >= 11 is 0. The second kappa shape index (κ2) is 8.14. The first kappa shape index (κ1) is 19.2. The van der Waals surface area contributed by atoms with E-state index in [1.165, 1.54) is 6.07 Å². The highest BCUT2D eigenvalue weighted by atomic mass is 19.1. The van der Waals surface area contributed by atoms with E-state index in [1.807, 2.05) is 48.5 Å². The molecule has 2 aromatic carbocycles. The zero-order valence-corrected chi connectivity index (χ0v) is 16.8. The number of nitrogens with zero attached hydrogens (tertiary/aromatic N) is 2. The van der Waals surface area contributed by atoms with Crippen molar-refractivity contribution in [2.24, 2.45) is 0 Å². The zero-order valence-electron chi connectivity index (χ0n) is 16.8. The molecule has 0 aliphatic heterocycles. The van der Waals surface area contributed by atoms with Crippen LogP contribution in [-0.4, -0.2) is 15.9 Å². The molecule has 5 nitrogen and oxygen atoms in total. The zero-order chi connectivity index (χ0) is 21.2. The van der Waals surface area contributed by atoms with Crippen LogP contribution in [-0.2, 0) is 17.6 Å². The molecular formula is C25H21FN4O. The van der Waals surface area contributed by atoms with Crippen molar-refractivity contribution in [2.45, 2.75) is 25.3 Å². The molecule has 2 aromatic heterocycles. The van der Waals surface area contributed by atoms with Crippen molar-refractivity contribution < 1.29 is 9.18 Å². The van der Waals surface area contributed by atoms with Gasteiger partial charge in [0.05, 0.1) is 18.0 Å². The van der Waals surface area contributed by atoms with Crippen molar-refractivity contribution in [1.29, 1.82) is 0 Å². The Hall–Kier alpha value is -3.80. The van der Waals surface area contributed by atoms with Gasteiger partial charge in [0, 0.05) is 23.5 Å². The number of aromatic nitrogens is 2. The molecule has 1 amide bonds. The molecule has 1 aliphatic carbocycles. The van der Waals surface area contributed by atoms with E-state index in [2.05, 4.69) is 15.6 Å². The van der Waals surface area contributed by atoms with Gasteiger partial charge in [-0.2, -0.15) is 0 Å². The summed E-state index contributed by atoms with van der Waals surface area (Å²) in [5.74, 6) is 0.504. The second-order valence-electron chi connectivity index (χ2n) is 7.77. The van der Waals surface area contributed by atoms with Crippen molar-refractivity contribution in [3.63, 3.8) is 0 Å². The van der Waals surface area contributed by atoms with Crippen LogP contribution in [0, 0.1) is 5.82 Å². The van der Waals surface area contributed by atoms with Crippen molar-refractivity contribution >= 4 is 28.3 Å². The number of aryl methyl sites for hydroxylation is 1. The van der Waals surface area contributed by atoms with E-state index in [-0.39, 0.29) is 24.2 Å². The van der Waals surface area contributed by atoms with E-state index in [4.69, 9.17) is 4.98 Å². The van der Waals surface area contributed by atoms with Crippen LogP contribution in [0.25, 0.3) is 10.9 Å². The average molecular weight is 412 g/mol. The number of fused-ring (bicyclic) bond motifs is 2. The molecule has 1 aliphatic rings. The van der Waals surface area contributed by atoms with E-state index in [0.717, 1.165) is 51.9 Å². The molecule has 0 saturated carbocycles. The minimum absolute atomic E-state index is 0.0880. The molecule has 2 heterocycles. The van der Waals surface area contributed by atoms with E-state index in [0.29, 0.717) is 0 Å². The maximum atomic E-state index is 13.4. The predicted octanol–water partition coefficient (Wildman–Crippen LogP) is 5.05. The quantitative estimate of drug-likeness (QED) is 0.481. The normalized spacial score (nSPS) is 14.9. The molecule has 0 bridgehead atoms. The molecule has 31 heavy (non-hydrogen) atoms. The summed E-state index contributed by atoms with van der Waals surface area (Å²) in [4.78, 5) is 21.0. The van der Waals surface area contributed by atoms with E-state index in [9.17, 15) is 9.18 Å². The monoisotopic (exact) mass is 412 g/mol. The molecule has 0 radical (unpaired) electrons. The molecule has 1 atom stereocenters. The maximum Gasteiger partial charge on any atom is 0.228 e. The molecule has 2 N–H and O–H groups in total. The van der Waals surface area contributed by atoms with Crippen molar-refractivity contribution in [3.8, 4) is 0 Å². The predicted molar refractivity (Wildman–Crippen MR) is 119 cm³/mol. The van der Waals surface area contributed by atoms with Crippen LogP contribution < -0.4 is 10.6 Å². The summed E-state index contributed by atoms with van der Waals surface area (Å²) in [6, 6.07) is 18.4. The van der Waals surface area contributed by atoms with Gasteiger partial charge in [0.1, 0.15) is 11.6 Å². The van der Waals surface area contributed by atoms with Gasteiger partial charge in [0.15, 0.2) is 0 Å². The number of hydrogen-bond acceptors (Lipinski definition) is 4. The molecule has 4 aromatic rings. The number of rotatable bonds is 5. The summed E-state index contributed by atoms with van der Waals surface area (Å²) in [5, 5.41) is 7.35. The molecule has 5 rings (SSSR count). The first-order valence-electron chi connectivity index (χ1n) is 10.3. The highest BCUT2D eigenvalue weighted by molar-refractivity contribution is 5.94. The van der Waals surface area contributed by atoms with Crippen LogP contribution >= 0.6 is 0 Å². The fourth-order valence-corrected chi connectivity index (χ4v) is 4.09. The molecule has 154 valence electrons. The summed E-state index contributed by atoms with van der Waals surface area (Å²) in [7, 11) is 0. The second-order valence-corrected chi connectivity index (χ2v) is 7.77. The number of halogens is 1. The molecule has 0 fully saturated rings. The third-order valence-electron chi connectivity index (χ3n) is 5.57. The molecule has 0 spiro atoms. The minimum Gasteiger partial charge on any atom is -0.363 e. The highest BCUT2D eigenvalue weighted by Gasteiger charge is 2.23. The topological polar surface area (TPSA) is 66.9 Å². The molecule has 6 heteroatoms. The third-order valence-corrected chi connectivity index (χ3v) is 5.57. The Morgan fingerprint density at radius 3 is 2.90 bits per heavy atom. The number of anilines is 2. The summed E-state index contributed by atoms with van der Waals surface area (Å²) in [5.41, 5.74) is 4.64. The van der Waals surface area contributed by atoms with Gasteiger partial charge in [-0.15, -0.1) is 0 Å². The first-order valence-corrected chi connectivity index (χ1v) is 10.3. The average Bonchev–Trinajstić information content (AvgIpc) is 3.16. The van der Waals surface area contributed by atoms with Crippen LogP contribution in [0.5, 0.6) is 0 Å². The van der Waals surface area contributed by atoms with Crippen LogP contribution in [0.15, 0.2) is 73.1 Å². The largest absolute Gasteiger partial charge is 0.363 e. The van der Waals surface area contributed by atoms with Crippen LogP contribution in [0.4, 0.5) is 15.9 Å². The number of amides is 1. The Labute approximate surface area is 179 Å². The van der Waals surface area contributed by atoms with Crippen molar-refractivity contribution in [3.05, 3.63) is 95.6 Å². The number of nitrogens with one attached hydrogen (secondary N) is 2. The number of pyridine rings is 2. The summed E-state index contributed by atoms with van der Waals surface area (Å²) < 4.78 is 13.4. The molecule has 1 unspecified atom stereocenters. The number of carbonyl (C=O) groups is 1. The fraction of sp³-hybridized carbons (Fsp3) is 0.160. The van der Waals surface area contributed by atoms with Gasteiger partial charge < -0.3 is 10.6 Å². The lowest BCUT2D eigenvalue weighted by molar-refractivity contribution is -0.115. The van der Waals surface area contributed by atoms with Crippen LogP contribution in [0.2, 0.25) is 0 Å². The summed E-state index contributed by atoms with van der Waals surface area (Å²) in [6.07, 6.45) is 5.43. The number of carbonyl (C=O) groups excluding carboxylic acids is 1. The lowest BCUT2D eigenvalue weighted by Gasteiger charge is -2.15. The van der Waals surface area contributed by atoms with Gasteiger partial charge in [0.2, 0.25) is 5.91 Å². The minimum atomic E-state index is -0.188. The number of hydrogen-bond donors (Lipinski definition) is 2. The van der Waals surface area contributed by atoms with Crippen LogP contribution in [0.1, 0.15) is 29.2 Å². The Morgan fingerprint density at radius 1 is 1.10 bits per heavy atom.